The minimum Gasteiger partial charge on any atom is -0.266 e. The maximum absolute atomic E-state index is 13.7. The molecule has 1 aliphatic heterocycles. The summed E-state index contributed by atoms with van der Waals surface area (Å²) in [6.07, 6.45) is 2.65. The highest BCUT2D eigenvalue weighted by Gasteiger charge is 2.32. The van der Waals surface area contributed by atoms with Crippen molar-refractivity contribution >= 4 is 46.5 Å². The number of carbonyl (C=O) groups is 1. The Morgan fingerprint density at radius 3 is 2.21 bits per heavy atom. The molecule has 1 fully saturated rings. The zero-order chi connectivity index (χ0) is 17.1. The van der Waals surface area contributed by atoms with Crippen molar-refractivity contribution in [1.29, 1.82) is 0 Å². The molecule has 24 heavy (non-hydrogen) atoms. The van der Waals surface area contributed by atoms with Gasteiger partial charge < -0.3 is 0 Å². The number of thiocarbonyl (C=S) groups is 1. The highest BCUT2D eigenvalue weighted by atomic mass is 32.2. The van der Waals surface area contributed by atoms with Gasteiger partial charge in [0.15, 0.2) is 4.32 Å². The Balaban J connectivity index is 1.85. The molecule has 0 unspecified atom stereocenters. The molecule has 0 bridgehead atoms. The molecule has 0 radical (unpaired) electrons. The van der Waals surface area contributed by atoms with Crippen molar-refractivity contribution < 1.29 is 13.6 Å². The maximum Gasteiger partial charge on any atom is 0.286 e. The fourth-order valence-corrected chi connectivity index (χ4v) is 3.16. The minimum absolute atomic E-state index is 0.204. The summed E-state index contributed by atoms with van der Waals surface area (Å²) in [5, 5.41) is 4.95. The number of hydrogen-bond donors (Lipinski definition) is 0. The molecule has 3 rings (SSSR count). The van der Waals surface area contributed by atoms with E-state index in [-0.39, 0.29) is 20.4 Å². The summed E-state index contributed by atoms with van der Waals surface area (Å²) >= 11 is 6.14. The number of carbonyl (C=O) groups excluding carboxylic acids is 1. The quantitative estimate of drug-likeness (QED) is 0.467. The standard InChI is InChI=1S/C17H10F2N2OS2/c18-13-7-3-1-5-11(13)9-15-16(22)21(17(23)24-15)20-10-12-6-2-4-8-14(12)19/h1-10H/b15-9+,20-10+. The van der Waals surface area contributed by atoms with Crippen LogP contribution < -0.4 is 0 Å². The van der Waals surface area contributed by atoms with Crippen LogP contribution in [0.3, 0.4) is 0 Å². The molecular formula is C17H10F2N2OS2. The number of hydrazone groups is 1. The van der Waals surface area contributed by atoms with E-state index in [4.69, 9.17) is 12.2 Å². The van der Waals surface area contributed by atoms with Crippen LogP contribution in [0.4, 0.5) is 8.78 Å². The lowest BCUT2D eigenvalue weighted by molar-refractivity contribution is -0.122. The second kappa shape index (κ2) is 7.02. The summed E-state index contributed by atoms with van der Waals surface area (Å²) in [7, 11) is 0. The lowest BCUT2D eigenvalue weighted by Crippen LogP contribution is -2.22. The largest absolute Gasteiger partial charge is 0.286 e. The van der Waals surface area contributed by atoms with Crippen molar-refractivity contribution in [3.8, 4) is 0 Å². The molecule has 1 heterocycles. The molecule has 0 N–H and O–H groups in total. The molecule has 1 saturated heterocycles. The molecule has 0 saturated carbocycles. The second-order valence-electron chi connectivity index (χ2n) is 4.78. The van der Waals surface area contributed by atoms with Crippen molar-refractivity contribution in [2.75, 3.05) is 0 Å². The zero-order valence-electron chi connectivity index (χ0n) is 12.1. The van der Waals surface area contributed by atoms with Crippen LogP contribution in [-0.2, 0) is 4.79 Å². The molecule has 2 aromatic carbocycles. The van der Waals surface area contributed by atoms with Gasteiger partial charge in [-0.2, -0.15) is 10.1 Å². The van der Waals surface area contributed by atoms with Gasteiger partial charge in [-0.25, -0.2) is 8.78 Å². The van der Waals surface area contributed by atoms with E-state index >= 15 is 0 Å². The highest BCUT2D eigenvalue weighted by molar-refractivity contribution is 8.26. The Kier molecular flexibility index (Phi) is 4.82. The summed E-state index contributed by atoms with van der Waals surface area (Å²) < 4.78 is 27.5. The van der Waals surface area contributed by atoms with E-state index in [1.807, 2.05) is 0 Å². The molecule has 0 aromatic heterocycles. The molecule has 2 aromatic rings. The van der Waals surface area contributed by atoms with Crippen LogP contribution in [0.1, 0.15) is 11.1 Å². The predicted octanol–water partition coefficient (Wildman–Crippen LogP) is 4.20. The molecule has 1 amide bonds. The van der Waals surface area contributed by atoms with Crippen molar-refractivity contribution in [1.82, 2.24) is 5.01 Å². The Labute approximate surface area is 146 Å². The van der Waals surface area contributed by atoms with E-state index in [1.54, 1.807) is 30.3 Å². The number of hydrogen-bond acceptors (Lipinski definition) is 4. The monoisotopic (exact) mass is 360 g/mol. The molecular weight excluding hydrogens is 350 g/mol. The van der Waals surface area contributed by atoms with Crippen LogP contribution >= 0.6 is 24.0 Å². The highest BCUT2D eigenvalue weighted by Crippen LogP contribution is 2.33. The van der Waals surface area contributed by atoms with E-state index in [0.29, 0.717) is 0 Å². The summed E-state index contributed by atoms with van der Waals surface area (Å²) in [6.45, 7) is 0. The summed E-state index contributed by atoms with van der Waals surface area (Å²) in [5.41, 5.74) is 0.528. The lowest BCUT2D eigenvalue weighted by atomic mass is 10.2. The number of benzene rings is 2. The number of amides is 1. The van der Waals surface area contributed by atoms with Crippen LogP contribution in [0.15, 0.2) is 58.5 Å². The number of thioether (sulfide) groups is 1. The predicted molar refractivity (Wildman–Crippen MR) is 95.4 cm³/mol. The average Bonchev–Trinajstić information content (AvgIpc) is 2.83. The van der Waals surface area contributed by atoms with Gasteiger partial charge in [-0.05, 0) is 30.4 Å². The third-order valence-electron chi connectivity index (χ3n) is 3.18. The van der Waals surface area contributed by atoms with Crippen LogP contribution in [-0.4, -0.2) is 21.5 Å². The van der Waals surface area contributed by atoms with E-state index in [1.165, 1.54) is 30.5 Å². The summed E-state index contributed by atoms with van der Waals surface area (Å²) in [6, 6.07) is 12.2. The van der Waals surface area contributed by atoms with E-state index in [2.05, 4.69) is 5.10 Å². The van der Waals surface area contributed by atoms with Crippen LogP contribution in [0.25, 0.3) is 6.08 Å². The Morgan fingerprint density at radius 2 is 1.58 bits per heavy atom. The van der Waals surface area contributed by atoms with Crippen molar-refractivity contribution in [2.24, 2.45) is 5.10 Å². The van der Waals surface area contributed by atoms with Gasteiger partial charge in [0.05, 0.1) is 11.1 Å². The fourth-order valence-electron chi connectivity index (χ4n) is 1.99. The third kappa shape index (κ3) is 3.42. The topological polar surface area (TPSA) is 32.7 Å². The van der Waals surface area contributed by atoms with Crippen molar-refractivity contribution in [3.63, 3.8) is 0 Å². The van der Waals surface area contributed by atoms with Crippen LogP contribution in [0.2, 0.25) is 0 Å². The number of halogens is 2. The number of rotatable bonds is 3. The van der Waals surface area contributed by atoms with E-state index < -0.39 is 17.5 Å². The maximum atomic E-state index is 13.7. The Bertz CT molecular complexity index is 880. The number of nitrogens with zero attached hydrogens (tertiary/aromatic N) is 2. The van der Waals surface area contributed by atoms with Gasteiger partial charge in [-0.1, -0.05) is 48.2 Å². The molecule has 120 valence electrons. The third-order valence-corrected chi connectivity index (χ3v) is 4.47. The van der Waals surface area contributed by atoms with E-state index in [0.717, 1.165) is 16.8 Å². The fraction of sp³-hybridized carbons (Fsp3) is 0. The first-order valence-electron chi connectivity index (χ1n) is 6.87. The second-order valence-corrected chi connectivity index (χ2v) is 6.46. The minimum atomic E-state index is -0.471. The normalized spacial score (nSPS) is 16.6. The Morgan fingerprint density at radius 1 is 1.00 bits per heavy atom. The molecule has 1 aliphatic rings. The summed E-state index contributed by atoms with van der Waals surface area (Å²) in [4.78, 5) is 12.6. The van der Waals surface area contributed by atoms with Gasteiger partial charge in [0, 0.05) is 11.1 Å². The van der Waals surface area contributed by atoms with Crippen LogP contribution in [0, 0.1) is 11.6 Å². The smallest absolute Gasteiger partial charge is 0.266 e. The van der Waals surface area contributed by atoms with Gasteiger partial charge in [-0.15, -0.1) is 0 Å². The molecule has 0 spiro atoms. The SMILES string of the molecule is O=C1/C(=C\c2ccccc2F)SC(=S)N1/N=C/c1ccccc1F. The first-order valence-corrected chi connectivity index (χ1v) is 8.10. The molecule has 0 atom stereocenters. The van der Waals surface area contributed by atoms with Gasteiger partial charge in [-0.3, -0.25) is 4.79 Å². The average molecular weight is 360 g/mol. The van der Waals surface area contributed by atoms with Crippen molar-refractivity contribution in [2.45, 2.75) is 0 Å². The zero-order valence-corrected chi connectivity index (χ0v) is 13.8. The lowest BCUT2D eigenvalue weighted by Gasteiger charge is -2.06. The molecule has 7 heteroatoms. The first kappa shape index (κ1) is 16.5. The van der Waals surface area contributed by atoms with Gasteiger partial charge >= 0.3 is 0 Å². The first-order chi connectivity index (χ1) is 11.6. The molecule has 0 aliphatic carbocycles. The van der Waals surface area contributed by atoms with Crippen LogP contribution in [0.5, 0.6) is 0 Å². The summed E-state index contributed by atoms with van der Waals surface area (Å²) in [5.74, 6) is -1.35. The molecule has 3 nitrogen and oxygen atoms in total. The van der Waals surface area contributed by atoms with Gasteiger partial charge in [0.2, 0.25) is 0 Å². The Hall–Kier alpha value is -2.38. The van der Waals surface area contributed by atoms with E-state index in [9.17, 15) is 13.6 Å². The van der Waals surface area contributed by atoms with Gasteiger partial charge in [0.25, 0.3) is 5.91 Å². The van der Waals surface area contributed by atoms with Gasteiger partial charge in [0.1, 0.15) is 11.6 Å². The van der Waals surface area contributed by atoms with Crippen molar-refractivity contribution in [3.05, 3.63) is 76.2 Å².